The first-order chi connectivity index (χ1) is 10.1. The molecule has 0 aliphatic carbocycles. The van der Waals surface area contributed by atoms with Crippen LogP contribution in [0.15, 0.2) is 18.2 Å². The van der Waals surface area contributed by atoms with Crippen molar-refractivity contribution in [2.45, 2.75) is 52.7 Å². The number of hydrogen-bond acceptors (Lipinski definition) is 3. The Labute approximate surface area is 138 Å². The summed E-state index contributed by atoms with van der Waals surface area (Å²) in [5.74, 6) is 0. The van der Waals surface area contributed by atoms with Crippen LogP contribution in [0.5, 0.6) is 0 Å². The molecule has 0 heterocycles. The molecule has 0 saturated carbocycles. The van der Waals surface area contributed by atoms with Crippen LogP contribution in [0.1, 0.15) is 38.8 Å². The van der Waals surface area contributed by atoms with E-state index in [0.717, 1.165) is 16.1 Å². The number of hydrogen-bond donors (Lipinski definition) is 1. The number of aryl methyl sites for hydroxylation is 1. The van der Waals surface area contributed by atoms with E-state index in [1.165, 1.54) is 0 Å². The molecule has 0 aliphatic rings. The highest BCUT2D eigenvalue weighted by molar-refractivity contribution is 6.31. The molecule has 4 nitrogen and oxygen atoms in total. The lowest BCUT2D eigenvalue weighted by Gasteiger charge is -2.28. The fraction of sp³-hybridized carbons (Fsp3) is 0.588. The molecule has 1 amide bonds. The number of amides is 1. The van der Waals surface area contributed by atoms with Gasteiger partial charge in [-0.25, -0.2) is 4.79 Å². The molecule has 1 aromatic carbocycles. The van der Waals surface area contributed by atoms with E-state index in [1.54, 1.807) is 4.90 Å². The SMILES string of the molecule is CCN(CC(N)Cc1ccc(Cl)c(C)c1)C(=O)OC(C)(C)C. The summed E-state index contributed by atoms with van der Waals surface area (Å²) in [5, 5.41) is 0.751. The lowest BCUT2D eigenvalue weighted by atomic mass is 10.0. The van der Waals surface area contributed by atoms with Gasteiger partial charge in [0.2, 0.25) is 0 Å². The first kappa shape index (κ1) is 18.8. The zero-order chi connectivity index (χ0) is 16.9. The Morgan fingerprint density at radius 1 is 1.41 bits per heavy atom. The second-order valence-electron chi connectivity index (χ2n) is 6.57. The van der Waals surface area contributed by atoms with Crippen LogP contribution in [0.25, 0.3) is 0 Å². The molecule has 1 aromatic rings. The van der Waals surface area contributed by atoms with Crippen LogP contribution in [-0.4, -0.2) is 35.7 Å². The van der Waals surface area contributed by atoms with Crippen molar-refractivity contribution in [1.29, 1.82) is 0 Å². The molecule has 2 N–H and O–H groups in total. The van der Waals surface area contributed by atoms with Crippen LogP contribution in [0.3, 0.4) is 0 Å². The minimum absolute atomic E-state index is 0.145. The molecule has 0 saturated heterocycles. The number of ether oxygens (including phenoxy) is 1. The van der Waals surface area contributed by atoms with Crippen molar-refractivity contribution in [3.8, 4) is 0 Å². The predicted molar refractivity (Wildman–Crippen MR) is 91.3 cm³/mol. The zero-order valence-electron chi connectivity index (χ0n) is 14.1. The van der Waals surface area contributed by atoms with Crippen molar-refractivity contribution < 1.29 is 9.53 Å². The Kier molecular flexibility index (Phi) is 6.69. The highest BCUT2D eigenvalue weighted by Gasteiger charge is 2.22. The predicted octanol–water partition coefficient (Wildman–Crippen LogP) is 3.78. The maximum atomic E-state index is 12.1. The smallest absolute Gasteiger partial charge is 0.410 e. The topological polar surface area (TPSA) is 55.6 Å². The molecule has 0 aromatic heterocycles. The first-order valence-electron chi connectivity index (χ1n) is 7.61. The Balaban J connectivity index is 2.62. The number of rotatable bonds is 5. The van der Waals surface area contributed by atoms with E-state index in [1.807, 2.05) is 52.8 Å². The number of nitrogens with two attached hydrogens (primary N) is 1. The average molecular weight is 327 g/mol. The van der Waals surface area contributed by atoms with E-state index in [2.05, 4.69) is 0 Å². The van der Waals surface area contributed by atoms with Crippen LogP contribution < -0.4 is 5.73 Å². The molecule has 1 rings (SSSR count). The van der Waals surface area contributed by atoms with Gasteiger partial charge in [0, 0.05) is 24.2 Å². The maximum absolute atomic E-state index is 12.1. The van der Waals surface area contributed by atoms with Gasteiger partial charge in [-0.05, 0) is 58.2 Å². The molecule has 0 aliphatic heterocycles. The van der Waals surface area contributed by atoms with Crippen molar-refractivity contribution in [2.24, 2.45) is 5.73 Å². The van der Waals surface area contributed by atoms with Gasteiger partial charge in [0.15, 0.2) is 0 Å². The molecule has 1 unspecified atom stereocenters. The summed E-state index contributed by atoms with van der Waals surface area (Å²) < 4.78 is 5.39. The zero-order valence-corrected chi connectivity index (χ0v) is 14.9. The van der Waals surface area contributed by atoms with Crippen LogP contribution in [0.2, 0.25) is 5.02 Å². The lowest BCUT2D eigenvalue weighted by molar-refractivity contribution is 0.0249. The van der Waals surface area contributed by atoms with Gasteiger partial charge < -0.3 is 15.4 Å². The Morgan fingerprint density at radius 2 is 2.05 bits per heavy atom. The number of nitrogens with zero attached hydrogens (tertiary/aromatic N) is 1. The Bertz CT molecular complexity index is 512. The van der Waals surface area contributed by atoms with Crippen molar-refractivity contribution in [1.82, 2.24) is 4.90 Å². The summed E-state index contributed by atoms with van der Waals surface area (Å²) in [6.07, 6.45) is 0.370. The summed E-state index contributed by atoms with van der Waals surface area (Å²) in [4.78, 5) is 13.7. The van der Waals surface area contributed by atoms with E-state index in [4.69, 9.17) is 22.1 Å². The minimum atomic E-state index is -0.498. The molecule has 0 fully saturated rings. The highest BCUT2D eigenvalue weighted by Crippen LogP contribution is 2.17. The number of likely N-dealkylation sites (N-methyl/N-ethyl adjacent to an activating group) is 1. The monoisotopic (exact) mass is 326 g/mol. The maximum Gasteiger partial charge on any atom is 0.410 e. The van der Waals surface area contributed by atoms with E-state index in [9.17, 15) is 4.79 Å². The molecule has 5 heteroatoms. The van der Waals surface area contributed by atoms with Gasteiger partial charge in [0.25, 0.3) is 0 Å². The van der Waals surface area contributed by atoms with Gasteiger partial charge in [-0.1, -0.05) is 23.7 Å². The van der Waals surface area contributed by atoms with Crippen LogP contribution >= 0.6 is 11.6 Å². The van der Waals surface area contributed by atoms with Crippen LogP contribution in [0, 0.1) is 6.92 Å². The quantitative estimate of drug-likeness (QED) is 0.896. The molecule has 22 heavy (non-hydrogen) atoms. The van der Waals surface area contributed by atoms with E-state index in [0.29, 0.717) is 19.5 Å². The Hall–Kier alpha value is -1.26. The third-order valence-electron chi connectivity index (χ3n) is 3.21. The molecular weight excluding hydrogens is 300 g/mol. The Morgan fingerprint density at radius 3 is 2.55 bits per heavy atom. The molecule has 0 bridgehead atoms. The van der Waals surface area contributed by atoms with Gasteiger partial charge in [-0.3, -0.25) is 0 Å². The van der Waals surface area contributed by atoms with Gasteiger partial charge in [0.1, 0.15) is 5.60 Å². The van der Waals surface area contributed by atoms with E-state index >= 15 is 0 Å². The highest BCUT2D eigenvalue weighted by atomic mass is 35.5. The lowest BCUT2D eigenvalue weighted by Crippen LogP contribution is -2.44. The molecule has 1 atom stereocenters. The molecular formula is C17H27ClN2O2. The largest absolute Gasteiger partial charge is 0.444 e. The number of benzene rings is 1. The fourth-order valence-corrected chi connectivity index (χ4v) is 2.26. The second-order valence-corrected chi connectivity index (χ2v) is 6.97. The van der Waals surface area contributed by atoms with Crippen molar-refractivity contribution in [2.75, 3.05) is 13.1 Å². The summed E-state index contributed by atoms with van der Waals surface area (Å²) in [6, 6.07) is 5.74. The van der Waals surface area contributed by atoms with Crippen LogP contribution in [-0.2, 0) is 11.2 Å². The normalized spacial score (nSPS) is 12.9. The van der Waals surface area contributed by atoms with Gasteiger partial charge in [-0.2, -0.15) is 0 Å². The second kappa shape index (κ2) is 7.84. The third-order valence-corrected chi connectivity index (χ3v) is 3.63. The van der Waals surface area contributed by atoms with Crippen LogP contribution in [0.4, 0.5) is 4.79 Å². The third kappa shape index (κ3) is 6.24. The number of carbonyl (C=O) groups is 1. The van der Waals surface area contributed by atoms with Crippen molar-refractivity contribution in [3.63, 3.8) is 0 Å². The van der Waals surface area contributed by atoms with Gasteiger partial charge in [0.05, 0.1) is 0 Å². The molecule has 0 spiro atoms. The van der Waals surface area contributed by atoms with E-state index in [-0.39, 0.29) is 12.1 Å². The fourth-order valence-electron chi connectivity index (χ4n) is 2.14. The summed E-state index contributed by atoms with van der Waals surface area (Å²) >= 11 is 6.03. The average Bonchev–Trinajstić information content (AvgIpc) is 2.38. The standard InChI is InChI=1S/C17H27ClN2O2/c1-6-20(16(21)22-17(3,4)5)11-14(19)10-13-7-8-15(18)12(2)9-13/h7-9,14H,6,10-11,19H2,1-5H3. The van der Waals surface area contributed by atoms with E-state index < -0.39 is 5.60 Å². The van der Waals surface area contributed by atoms with Gasteiger partial charge >= 0.3 is 6.09 Å². The summed E-state index contributed by atoms with van der Waals surface area (Å²) in [6.45, 7) is 10.5. The van der Waals surface area contributed by atoms with Gasteiger partial charge in [-0.15, -0.1) is 0 Å². The minimum Gasteiger partial charge on any atom is -0.444 e. The van der Waals surface area contributed by atoms with Crippen molar-refractivity contribution in [3.05, 3.63) is 34.3 Å². The molecule has 124 valence electrons. The number of halogens is 1. The first-order valence-corrected chi connectivity index (χ1v) is 7.98. The van der Waals surface area contributed by atoms with Crippen molar-refractivity contribution >= 4 is 17.7 Å². The molecule has 0 radical (unpaired) electrons. The summed E-state index contributed by atoms with van der Waals surface area (Å²) in [5.41, 5.74) is 7.84. The number of carbonyl (C=O) groups excluding carboxylic acids is 1. The summed E-state index contributed by atoms with van der Waals surface area (Å²) in [7, 11) is 0.